The topological polar surface area (TPSA) is 286 Å². The van der Waals surface area contributed by atoms with Gasteiger partial charge in [0.15, 0.2) is 18.7 Å². The summed E-state index contributed by atoms with van der Waals surface area (Å²) in [7, 11) is 1.26. The van der Waals surface area contributed by atoms with Crippen molar-refractivity contribution in [2.75, 3.05) is 13.7 Å². The molecule has 1 spiro atoms. The molecule has 4 aliphatic heterocycles. The first kappa shape index (κ1) is 47.4. The first-order chi connectivity index (χ1) is 29.5. The predicted molar refractivity (Wildman–Crippen MR) is 208 cm³/mol. The van der Waals surface area contributed by atoms with Crippen LogP contribution in [0.4, 0.5) is 0 Å². The molecular formula is C43H60O20. The van der Waals surface area contributed by atoms with Gasteiger partial charge >= 0.3 is 23.9 Å². The highest BCUT2D eigenvalue weighted by Crippen LogP contribution is 2.73. The quantitative estimate of drug-likeness (QED) is 0.103. The molecule has 6 aliphatic rings. The third-order valence-corrected chi connectivity index (χ3v) is 15.1. The summed E-state index contributed by atoms with van der Waals surface area (Å²) in [6, 6.07) is 1.57. The number of methoxy groups -OCH3 is 1. The Balaban J connectivity index is 1.33. The van der Waals surface area contributed by atoms with Crippen LogP contribution in [0, 0.1) is 28.1 Å². The van der Waals surface area contributed by atoms with Crippen LogP contribution in [0.2, 0.25) is 0 Å². The first-order valence-corrected chi connectivity index (χ1v) is 21.1. The van der Waals surface area contributed by atoms with Gasteiger partial charge in [-0.25, -0.2) is 4.79 Å². The number of ether oxygens (including phenoxy) is 9. The van der Waals surface area contributed by atoms with Gasteiger partial charge in [0, 0.05) is 43.1 Å². The number of carbonyl (C=O) groups is 4. The number of esters is 4. The van der Waals surface area contributed by atoms with E-state index in [0.717, 1.165) is 0 Å². The zero-order valence-electron chi connectivity index (χ0n) is 36.5. The molecule has 20 atom stereocenters. The van der Waals surface area contributed by atoms with Gasteiger partial charge < -0.3 is 77.7 Å². The lowest BCUT2D eigenvalue weighted by Gasteiger charge is -2.73. The van der Waals surface area contributed by atoms with Crippen LogP contribution in [0.1, 0.15) is 79.4 Å². The summed E-state index contributed by atoms with van der Waals surface area (Å²) in [5.41, 5.74) is -4.97. The van der Waals surface area contributed by atoms with Gasteiger partial charge in [0.25, 0.3) is 0 Å². The number of aliphatic hydroxyl groups excluding tert-OH is 6. The maximum atomic E-state index is 14.8. The van der Waals surface area contributed by atoms with Crippen molar-refractivity contribution in [3.8, 4) is 0 Å². The number of carbonyl (C=O) groups excluding carboxylic acids is 4. The van der Waals surface area contributed by atoms with Crippen LogP contribution >= 0.6 is 0 Å². The van der Waals surface area contributed by atoms with Crippen molar-refractivity contribution < 1.29 is 96.9 Å². The van der Waals surface area contributed by atoms with Gasteiger partial charge in [-0.3, -0.25) is 14.4 Å². The number of cyclic esters (lactones) is 1. The summed E-state index contributed by atoms with van der Waals surface area (Å²) in [5, 5.41) is 64.7. The Morgan fingerprint density at radius 1 is 0.857 bits per heavy atom. The van der Waals surface area contributed by atoms with Crippen molar-refractivity contribution in [3.05, 3.63) is 36.3 Å². The molecule has 0 amide bonds. The van der Waals surface area contributed by atoms with Gasteiger partial charge in [-0.15, -0.1) is 0 Å². The minimum absolute atomic E-state index is 0.0606. The van der Waals surface area contributed by atoms with E-state index in [4.69, 9.17) is 47.0 Å². The molecule has 2 saturated carbocycles. The summed E-state index contributed by atoms with van der Waals surface area (Å²) in [6.45, 7) is 15.3. The van der Waals surface area contributed by atoms with Gasteiger partial charge in [0.05, 0.1) is 43.9 Å². The van der Waals surface area contributed by atoms with E-state index in [-0.39, 0.29) is 19.3 Å². The van der Waals surface area contributed by atoms with E-state index in [0.29, 0.717) is 11.1 Å². The van der Waals surface area contributed by atoms with Crippen LogP contribution < -0.4 is 0 Å². The fraction of sp³-hybridized carbons (Fsp3) is 0.767. The molecule has 7 rings (SSSR count). The van der Waals surface area contributed by atoms with Crippen LogP contribution in [-0.4, -0.2) is 160 Å². The zero-order chi connectivity index (χ0) is 46.3. The molecule has 63 heavy (non-hydrogen) atoms. The summed E-state index contributed by atoms with van der Waals surface area (Å²) in [4.78, 5) is 53.9. The zero-order valence-corrected chi connectivity index (χ0v) is 36.5. The molecular weight excluding hydrogens is 836 g/mol. The molecule has 2 aliphatic carbocycles. The summed E-state index contributed by atoms with van der Waals surface area (Å²) in [6.07, 6.45) is -19.9. The fourth-order valence-corrected chi connectivity index (χ4v) is 11.6. The Bertz CT molecular complexity index is 1900. The van der Waals surface area contributed by atoms with Crippen molar-refractivity contribution in [3.63, 3.8) is 0 Å². The number of fused-ring (bicyclic) bond motifs is 3. The summed E-state index contributed by atoms with van der Waals surface area (Å²) >= 11 is 0. The Morgan fingerprint density at radius 2 is 1.49 bits per heavy atom. The Morgan fingerprint density at radius 3 is 2.11 bits per heavy atom. The standard InChI is InChI=1S/C43H60O20/c1-17-22-12-27(59-20(4)45)42(8)35(21-10-11-55-15-21)61-37(53)36(43(17,42)63-26-14-25(58-19(3)44)40(5,6)24(41(22,26)7)13-28(46)54-9)62-39-34(52)32(50)30(48)23(60-39)16-56-38-33(51)31(49)29(47)18(2)57-38/h10-11,15,18,22-27,29-36,38-39,47-52H,1,12-14,16H2,2-9H3/t18-,22?,23+,24-,25-,26?,27?,29-,30+,31+,32-,33+,34+,35?,36+,38+,39-,41+,42?,43+/m0/s1. The monoisotopic (exact) mass is 896 g/mol. The van der Waals surface area contributed by atoms with Crippen LogP contribution in [0.25, 0.3) is 0 Å². The maximum absolute atomic E-state index is 14.8. The van der Waals surface area contributed by atoms with Crippen molar-refractivity contribution >= 4 is 23.9 Å². The normalized spacial score (nSPS) is 46.7. The molecule has 5 heterocycles. The van der Waals surface area contributed by atoms with Gasteiger partial charge in [0.1, 0.15) is 66.6 Å². The van der Waals surface area contributed by atoms with Crippen LogP contribution in [0.5, 0.6) is 0 Å². The second-order valence-electron chi connectivity index (χ2n) is 18.8. The minimum atomic E-state index is -2.06. The van der Waals surface area contributed by atoms with E-state index in [2.05, 4.69) is 6.58 Å². The third-order valence-electron chi connectivity index (χ3n) is 15.1. The second kappa shape index (κ2) is 17.0. The van der Waals surface area contributed by atoms with E-state index < -0.39 is 156 Å². The largest absolute Gasteiger partial charge is 0.472 e. The third kappa shape index (κ3) is 7.42. The number of furan rings is 1. The molecule has 2 bridgehead atoms. The number of aliphatic hydroxyl groups is 6. The van der Waals surface area contributed by atoms with Crippen LogP contribution in [0.3, 0.4) is 0 Å². The van der Waals surface area contributed by atoms with Crippen molar-refractivity contribution in [1.82, 2.24) is 0 Å². The Hall–Kier alpha value is -3.54. The maximum Gasteiger partial charge on any atom is 0.339 e. The minimum Gasteiger partial charge on any atom is -0.472 e. The molecule has 0 radical (unpaired) electrons. The number of hydrogen-bond acceptors (Lipinski definition) is 20. The molecule has 6 fully saturated rings. The van der Waals surface area contributed by atoms with E-state index in [1.807, 2.05) is 20.8 Å². The van der Waals surface area contributed by atoms with E-state index in [1.54, 1.807) is 13.0 Å². The molecule has 20 heteroatoms. The Labute approximate surface area is 363 Å². The smallest absolute Gasteiger partial charge is 0.339 e. The van der Waals surface area contributed by atoms with Gasteiger partial charge in [0.2, 0.25) is 0 Å². The van der Waals surface area contributed by atoms with Gasteiger partial charge in [-0.05, 0) is 43.7 Å². The average molecular weight is 897 g/mol. The van der Waals surface area contributed by atoms with Crippen molar-refractivity contribution in [2.45, 2.75) is 165 Å². The lowest BCUT2D eigenvalue weighted by molar-refractivity contribution is -0.382. The lowest BCUT2D eigenvalue weighted by atomic mass is 9.40. The highest BCUT2D eigenvalue weighted by molar-refractivity contribution is 5.80. The molecule has 352 valence electrons. The highest BCUT2D eigenvalue weighted by atomic mass is 16.7. The number of hydrogen-bond donors (Lipinski definition) is 6. The first-order valence-electron chi connectivity index (χ1n) is 21.1. The lowest BCUT2D eigenvalue weighted by Crippen LogP contribution is -2.81. The molecule has 5 unspecified atom stereocenters. The van der Waals surface area contributed by atoms with Crippen LogP contribution in [0.15, 0.2) is 35.2 Å². The van der Waals surface area contributed by atoms with E-state index in [9.17, 15) is 49.8 Å². The second-order valence-corrected chi connectivity index (χ2v) is 18.8. The molecule has 1 aromatic heterocycles. The molecule has 6 N–H and O–H groups in total. The number of rotatable bonds is 10. The summed E-state index contributed by atoms with van der Waals surface area (Å²) in [5.74, 6) is -4.20. The SMILES string of the molecule is C=C1C2CC(OC(C)=O)C3(C)C(c4ccoc4)OC(=O)[C@@H](O[C@@H]4O[C@H](CO[C@@H]5O[C@@H](C)[C@H](O)[C@@H](O)[C@H]5O)[C@@H](O)[C@H](O)[C@H]4O)[C@]13OC1C[C@H](OC(C)=O)C(C)(C)[C@H](CC(=O)OC)[C@]12C. The summed E-state index contributed by atoms with van der Waals surface area (Å²) < 4.78 is 60.1. The van der Waals surface area contributed by atoms with Gasteiger partial charge in [-0.2, -0.15) is 0 Å². The molecule has 20 nitrogen and oxygen atoms in total. The van der Waals surface area contributed by atoms with Gasteiger partial charge in [-0.1, -0.05) is 27.4 Å². The molecule has 1 aromatic rings. The Kier molecular flexibility index (Phi) is 12.8. The van der Waals surface area contributed by atoms with E-state index in [1.165, 1.54) is 40.4 Å². The predicted octanol–water partition coefficient (Wildman–Crippen LogP) is 0.113. The van der Waals surface area contributed by atoms with Crippen molar-refractivity contribution in [2.24, 2.45) is 28.1 Å². The fourth-order valence-electron chi connectivity index (χ4n) is 11.6. The van der Waals surface area contributed by atoms with Crippen molar-refractivity contribution in [1.29, 1.82) is 0 Å². The van der Waals surface area contributed by atoms with E-state index >= 15 is 0 Å². The highest BCUT2D eigenvalue weighted by Gasteiger charge is 2.80. The molecule has 0 aromatic carbocycles. The van der Waals surface area contributed by atoms with Crippen LogP contribution in [-0.2, 0) is 61.8 Å². The molecule has 4 saturated heterocycles. The average Bonchev–Trinajstić information content (AvgIpc) is 3.76.